The van der Waals surface area contributed by atoms with Crippen LogP contribution in [0.15, 0.2) is 182 Å². The summed E-state index contributed by atoms with van der Waals surface area (Å²) in [7, 11) is 0. The molecule has 0 unspecified atom stereocenters. The number of rotatable bonds is 3. The summed E-state index contributed by atoms with van der Waals surface area (Å²) in [6, 6.07) is 68.1. The molecule has 11 aromatic rings. The Labute approximate surface area is 329 Å². The SMILES string of the molecule is CC1(C)c2ccc3sc4ccc(-c5cccc(-c6c7ccccc7c(-c7cccc8ccccc78)c7ccccc67)c5)cc4c3c2-c2ccc3ccccc3c21. The summed E-state index contributed by atoms with van der Waals surface area (Å²) in [5, 5.41) is 13.0. The van der Waals surface area contributed by atoms with Gasteiger partial charge in [0.1, 0.15) is 0 Å². The van der Waals surface area contributed by atoms with Crippen molar-refractivity contribution in [2.75, 3.05) is 0 Å². The lowest BCUT2D eigenvalue weighted by Gasteiger charge is -2.23. The number of fused-ring (bicyclic) bond motifs is 12. The molecule has 0 bridgehead atoms. The first-order chi connectivity index (χ1) is 27.5. The van der Waals surface area contributed by atoms with Gasteiger partial charge in [0.25, 0.3) is 0 Å². The number of thiophene rings is 1. The number of benzene rings is 10. The molecule has 1 aliphatic rings. The molecule has 0 amide bonds. The second-order valence-corrected chi connectivity index (χ2v) is 17.0. The summed E-state index contributed by atoms with van der Waals surface area (Å²) in [4.78, 5) is 0. The molecule has 1 heteroatoms. The molecule has 56 heavy (non-hydrogen) atoms. The van der Waals surface area contributed by atoms with Crippen LogP contribution in [0.1, 0.15) is 25.0 Å². The Bertz CT molecular complexity index is 3390. The maximum atomic E-state index is 2.46. The monoisotopic (exact) mass is 728 g/mol. The Balaban J connectivity index is 1.07. The van der Waals surface area contributed by atoms with Crippen molar-refractivity contribution in [1.82, 2.24) is 0 Å². The average molecular weight is 729 g/mol. The van der Waals surface area contributed by atoms with E-state index in [0.29, 0.717) is 0 Å². The zero-order valence-corrected chi connectivity index (χ0v) is 32.0. The van der Waals surface area contributed by atoms with Crippen molar-refractivity contribution < 1.29 is 0 Å². The summed E-state index contributed by atoms with van der Waals surface area (Å²) in [6.45, 7) is 4.81. The second kappa shape index (κ2) is 11.7. The summed E-state index contributed by atoms with van der Waals surface area (Å²) in [5.41, 5.74) is 13.2. The Morgan fingerprint density at radius 1 is 0.357 bits per heavy atom. The highest BCUT2D eigenvalue weighted by molar-refractivity contribution is 7.26. The van der Waals surface area contributed by atoms with E-state index in [-0.39, 0.29) is 5.41 Å². The fourth-order valence-corrected chi connectivity index (χ4v) is 11.3. The topological polar surface area (TPSA) is 0 Å². The van der Waals surface area contributed by atoms with Crippen LogP contribution in [0.25, 0.3) is 108 Å². The minimum atomic E-state index is -0.0887. The van der Waals surface area contributed by atoms with Gasteiger partial charge in [0, 0.05) is 25.6 Å². The van der Waals surface area contributed by atoms with E-state index in [2.05, 4.69) is 196 Å². The summed E-state index contributed by atoms with van der Waals surface area (Å²) >= 11 is 1.91. The lowest BCUT2D eigenvalue weighted by atomic mass is 9.80. The van der Waals surface area contributed by atoms with Crippen LogP contribution in [0.2, 0.25) is 0 Å². The fraction of sp³-hybridized carbons (Fsp3) is 0.0545. The Morgan fingerprint density at radius 2 is 0.929 bits per heavy atom. The van der Waals surface area contributed by atoms with Crippen LogP contribution < -0.4 is 0 Å². The van der Waals surface area contributed by atoms with Gasteiger partial charge in [-0.05, 0) is 123 Å². The number of hydrogen-bond donors (Lipinski definition) is 0. The van der Waals surface area contributed by atoms with Crippen molar-refractivity contribution in [1.29, 1.82) is 0 Å². The summed E-state index contributed by atoms with van der Waals surface area (Å²) in [6.07, 6.45) is 0. The zero-order valence-electron chi connectivity index (χ0n) is 31.2. The molecule has 0 spiro atoms. The number of hydrogen-bond acceptors (Lipinski definition) is 1. The van der Waals surface area contributed by atoms with E-state index in [1.165, 1.54) is 119 Å². The largest absolute Gasteiger partial charge is 0.135 e. The molecule has 0 saturated heterocycles. The highest BCUT2D eigenvalue weighted by Gasteiger charge is 2.38. The molecule has 1 heterocycles. The maximum absolute atomic E-state index is 2.46. The van der Waals surface area contributed by atoms with Gasteiger partial charge in [-0.15, -0.1) is 11.3 Å². The van der Waals surface area contributed by atoms with Crippen LogP contribution in [0, 0.1) is 0 Å². The standard InChI is InChI=1S/C55H36S/c1-55(2)47-28-30-49-53(52(47)45-27-25-34-14-4-6-19-39(34)54(45)55)46-32-36(26-29-48(46)56-49)35-16-11-17-37(31-35)50-41-20-7-9-22-43(41)51(44-23-10-8-21-42(44)50)40-24-12-15-33-13-3-5-18-38(33)40/h3-32H,1-2H3. The van der Waals surface area contributed by atoms with Crippen LogP contribution in [0.4, 0.5) is 0 Å². The van der Waals surface area contributed by atoms with Crippen LogP contribution in [-0.2, 0) is 5.41 Å². The average Bonchev–Trinajstić information content (AvgIpc) is 3.74. The molecule has 1 aromatic heterocycles. The lowest BCUT2D eigenvalue weighted by molar-refractivity contribution is 0.667. The zero-order chi connectivity index (χ0) is 37.1. The first kappa shape index (κ1) is 31.8. The van der Waals surface area contributed by atoms with E-state index in [1.807, 2.05) is 11.3 Å². The van der Waals surface area contributed by atoms with Crippen molar-refractivity contribution in [2.45, 2.75) is 19.3 Å². The molecule has 0 N–H and O–H groups in total. The van der Waals surface area contributed by atoms with Gasteiger partial charge in [0.2, 0.25) is 0 Å². The Morgan fingerprint density at radius 3 is 1.68 bits per heavy atom. The van der Waals surface area contributed by atoms with Gasteiger partial charge >= 0.3 is 0 Å². The van der Waals surface area contributed by atoms with Crippen molar-refractivity contribution >= 4 is 74.6 Å². The normalized spacial score (nSPS) is 13.3. The molecule has 1 aliphatic carbocycles. The summed E-state index contributed by atoms with van der Waals surface area (Å²) < 4.78 is 2.69. The van der Waals surface area contributed by atoms with Gasteiger partial charge in [-0.1, -0.05) is 172 Å². The van der Waals surface area contributed by atoms with E-state index in [1.54, 1.807) is 0 Å². The molecule has 0 aliphatic heterocycles. The van der Waals surface area contributed by atoms with Gasteiger partial charge in [-0.2, -0.15) is 0 Å². The molecule has 0 saturated carbocycles. The van der Waals surface area contributed by atoms with E-state index in [4.69, 9.17) is 0 Å². The highest BCUT2D eigenvalue weighted by atomic mass is 32.1. The van der Waals surface area contributed by atoms with E-state index >= 15 is 0 Å². The molecule has 262 valence electrons. The smallest absolute Gasteiger partial charge is 0.0361 e. The highest BCUT2D eigenvalue weighted by Crippen LogP contribution is 2.56. The van der Waals surface area contributed by atoms with Gasteiger partial charge in [0.15, 0.2) is 0 Å². The Kier molecular flexibility index (Phi) is 6.66. The maximum Gasteiger partial charge on any atom is 0.0361 e. The van der Waals surface area contributed by atoms with E-state index in [0.717, 1.165) is 0 Å². The van der Waals surface area contributed by atoms with Gasteiger partial charge in [-0.25, -0.2) is 0 Å². The van der Waals surface area contributed by atoms with Crippen LogP contribution in [0.3, 0.4) is 0 Å². The van der Waals surface area contributed by atoms with Crippen molar-refractivity contribution in [3.8, 4) is 44.5 Å². The van der Waals surface area contributed by atoms with Crippen molar-refractivity contribution in [3.63, 3.8) is 0 Å². The van der Waals surface area contributed by atoms with Gasteiger partial charge in [-0.3, -0.25) is 0 Å². The fourth-order valence-electron chi connectivity index (χ4n) is 10.2. The second-order valence-electron chi connectivity index (χ2n) is 16.0. The van der Waals surface area contributed by atoms with E-state index in [9.17, 15) is 0 Å². The molecule has 0 fully saturated rings. The van der Waals surface area contributed by atoms with Gasteiger partial charge < -0.3 is 0 Å². The predicted molar refractivity (Wildman–Crippen MR) is 243 cm³/mol. The van der Waals surface area contributed by atoms with E-state index < -0.39 is 0 Å². The van der Waals surface area contributed by atoms with Crippen LogP contribution in [-0.4, -0.2) is 0 Å². The molecular formula is C55H36S. The van der Waals surface area contributed by atoms with Crippen molar-refractivity contribution in [3.05, 3.63) is 193 Å². The van der Waals surface area contributed by atoms with Crippen molar-refractivity contribution in [2.24, 2.45) is 0 Å². The molecule has 12 rings (SSSR count). The third-order valence-electron chi connectivity index (χ3n) is 12.6. The molecule has 0 atom stereocenters. The minimum Gasteiger partial charge on any atom is -0.135 e. The predicted octanol–water partition coefficient (Wildman–Crippen LogP) is 16.0. The third-order valence-corrected chi connectivity index (χ3v) is 13.7. The lowest BCUT2D eigenvalue weighted by Crippen LogP contribution is -2.15. The first-order valence-corrected chi connectivity index (χ1v) is 20.4. The van der Waals surface area contributed by atoms with Crippen LogP contribution in [0.5, 0.6) is 0 Å². The molecule has 0 radical (unpaired) electrons. The molecule has 0 nitrogen and oxygen atoms in total. The summed E-state index contributed by atoms with van der Waals surface area (Å²) in [5.74, 6) is 0. The quantitative estimate of drug-likeness (QED) is 0.159. The third kappa shape index (κ3) is 4.41. The first-order valence-electron chi connectivity index (χ1n) is 19.6. The molecule has 10 aromatic carbocycles. The minimum absolute atomic E-state index is 0.0887. The molecular weight excluding hydrogens is 693 g/mol. The Hall–Kier alpha value is -6.54. The van der Waals surface area contributed by atoms with Gasteiger partial charge in [0.05, 0.1) is 0 Å². The van der Waals surface area contributed by atoms with Crippen LogP contribution >= 0.6 is 11.3 Å².